The van der Waals surface area contributed by atoms with E-state index in [1.165, 1.54) is 11.9 Å². The van der Waals surface area contributed by atoms with E-state index in [0.29, 0.717) is 0 Å². The van der Waals surface area contributed by atoms with Gasteiger partial charge in [-0.25, -0.2) is 4.79 Å². The molecule has 3 N–H and O–H groups in total. The number of urea groups is 1. The molecule has 0 radical (unpaired) electrons. The number of carbonyl (C=O) groups is 2. The van der Waals surface area contributed by atoms with Crippen LogP contribution < -0.4 is 5.73 Å². The van der Waals surface area contributed by atoms with Gasteiger partial charge < -0.3 is 15.7 Å². The lowest BCUT2D eigenvalue weighted by Gasteiger charge is -2.16. The first-order chi connectivity index (χ1) is 6.06. The first kappa shape index (κ1) is 9.94. The number of nitrogens with two attached hydrogens (primary N) is 1. The third-order valence-electron chi connectivity index (χ3n) is 1.90. The molecule has 0 aromatic carbocycles. The molecule has 13 heavy (non-hydrogen) atoms. The van der Waals surface area contributed by atoms with Crippen molar-refractivity contribution >= 4 is 11.9 Å². The van der Waals surface area contributed by atoms with Crippen LogP contribution in [0, 0.1) is 0 Å². The van der Waals surface area contributed by atoms with Crippen LogP contribution in [0.15, 0.2) is 0 Å². The van der Waals surface area contributed by atoms with Crippen molar-refractivity contribution in [2.75, 3.05) is 26.7 Å². The summed E-state index contributed by atoms with van der Waals surface area (Å²) in [5.41, 5.74) is 5.16. The quantitative estimate of drug-likeness (QED) is 0.510. The highest BCUT2D eigenvalue weighted by atomic mass is 16.3. The summed E-state index contributed by atoms with van der Waals surface area (Å²) in [4.78, 5) is 24.7. The predicted octanol–water partition coefficient (Wildman–Crippen LogP) is -1.80. The molecule has 0 aromatic heterocycles. The molecule has 0 bridgehead atoms. The van der Waals surface area contributed by atoms with Crippen LogP contribution >= 0.6 is 0 Å². The molecule has 6 heteroatoms. The summed E-state index contributed by atoms with van der Waals surface area (Å²) in [5, 5.41) is 9.15. The van der Waals surface area contributed by atoms with Gasteiger partial charge in [0.05, 0.1) is 12.6 Å². The van der Waals surface area contributed by atoms with E-state index in [1.54, 1.807) is 0 Å². The number of carbonyl (C=O) groups excluding carboxylic acids is 2. The minimum absolute atomic E-state index is 0.0154. The lowest BCUT2D eigenvalue weighted by molar-refractivity contribution is -0.126. The van der Waals surface area contributed by atoms with Crippen LogP contribution in [0.3, 0.4) is 0 Å². The first-order valence-corrected chi connectivity index (χ1v) is 4.00. The van der Waals surface area contributed by atoms with Crippen molar-refractivity contribution in [3.05, 3.63) is 0 Å². The summed E-state index contributed by atoms with van der Waals surface area (Å²) in [7, 11) is 1.54. The van der Waals surface area contributed by atoms with Crippen molar-refractivity contribution in [3.63, 3.8) is 0 Å². The molecule has 1 saturated heterocycles. The second kappa shape index (κ2) is 3.71. The summed E-state index contributed by atoms with van der Waals surface area (Å²) in [6, 6.07) is -0.377. The van der Waals surface area contributed by atoms with Crippen LogP contribution in [-0.2, 0) is 4.79 Å². The molecule has 1 aliphatic heterocycles. The Morgan fingerprint density at radius 1 is 1.62 bits per heavy atom. The fourth-order valence-corrected chi connectivity index (χ4v) is 1.13. The molecule has 0 aliphatic carbocycles. The maximum atomic E-state index is 11.2. The molecule has 0 spiro atoms. The fourth-order valence-electron chi connectivity index (χ4n) is 1.13. The number of amides is 3. The van der Waals surface area contributed by atoms with Gasteiger partial charge >= 0.3 is 6.03 Å². The van der Waals surface area contributed by atoms with Crippen LogP contribution in [0.25, 0.3) is 0 Å². The summed E-state index contributed by atoms with van der Waals surface area (Å²) < 4.78 is 0. The molecule has 3 amide bonds. The van der Waals surface area contributed by atoms with Crippen molar-refractivity contribution in [2.24, 2.45) is 5.73 Å². The molecular formula is C7H13N3O3. The van der Waals surface area contributed by atoms with E-state index >= 15 is 0 Å². The number of nitrogens with zero attached hydrogens (tertiary/aromatic N) is 2. The Hall–Kier alpha value is -1.14. The van der Waals surface area contributed by atoms with E-state index in [0.717, 1.165) is 4.90 Å². The van der Waals surface area contributed by atoms with Gasteiger partial charge in [0.25, 0.3) is 0 Å². The molecule has 74 valence electrons. The first-order valence-electron chi connectivity index (χ1n) is 4.00. The van der Waals surface area contributed by atoms with E-state index in [2.05, 4.69) is 0 Å². The molecule has 0 aromatic rings. The maximum absolute atomic E-state index is 11.2. The molecule has 0 unspecified atom stereocenters. The highest BCUT2D eigenvalue weighted by Gasteiger charge is 2.34. The molecule has 6 nitrogen and oxygen atoms in total. The van der Waals surface area contributed by atoms with E-state index in [1.807, 2.05) is 0 Å². The Morgan fingerprint density at radius 3 is 2.62 bits per heavy atom. The Kier molecular flexibility index (Phi) is 2.84. The van der Waals surface area contributed by atoms with Crippen molar-refractivity contribution in [1.29, 1.82) is 0 Å². The standard InChI is InChI=1S/C7H13N3O3/c1-9-4-6(12)10(7(9)13)3-5(11)2-8/h5,11H,2-4,8H2,1H3/t5-/m1/s1. The van der Waals surface area contributed by atoms with Crippen LogP contribution in [0.4, 0.5) is 4.79 Å². The summed E-state index contributed by atoms with van der Waals surface area (Å²) in [6.45, 7) is 0.107. The van der Waals surface area contributed by atoms with Crippen molar-refractivity contribution < 1.29 is 14.7 Å². The van der Waals surface area contributed by atoms with E-state index in [9.17, 15) is 9.59 Å². The van der Waals surface area contributed by atoms with Crippen molar-refractivity contribution in [1.82, 2.24) is 9.80 Å². The number of hydrogen-bond acceptors (Lipinski definition) is 4. The largest absolute Gasteiger partial charge is 0.390 e. The minimum atomic E-state index is -0.834. The van der Waals surface area contributed by atoms with Crippen molar-refractivity contribution in [2.45, 2.75) is 6.10 Å². The van der Waals surface area contributed by atoms with Crippen LogP contribution in [0.2, 0.25) is 0 Å². The zero-order chi connectivity index (χ0) is 10.0. The Morgan fingerprint density at radius 2 is 2.23 bits per heavy atom. The lowest BCUT2D eigenvalue weighted by Crippen LogP contribution is -2.40. The average Bonchev–Trinajstić information content (AvgIpc) is 2.32. The van der Waals surface area contributed by atoms with Gasteiger partial charge in [0, 0.05) is 13.6 Å². The predicted molar refractivity (Wildman–Crippen MR) is 44.8 cm³/mol. The second-order valence-corrected chi connectivity index (χ2v) is 3.03. The van der Waals surface area contributed by atoms with Gasteiger partial charge in [0.15, 0.2) is 0 Å². The number of rotatable bonds is 3. The third kappa shape index (κ3) is 1.96. The van der Waals surface area contributed by atoms with Gasteiger partial charge in [-0.2, -0.15) is 0 Å². The van der Waals surface area contributed by atoms with E-state index in [4.69, 9.17) is 10.8 Å². The van der Waals surface area contributed by atoms with Crippen LogP contribution in [0.1, 0.15) is 0 Å². The molecule has 1 fully saturated rings. The normalized spacial score (nSPS) is 19.9. The lowest BCUT2D eigenvalue weighted by atomic mass is 10.3. The second-order valence-electron chi connectivity index (χ2n) is 3.03. The van der Waals surface area contributed by atoms with Gasteiger partial charge in [-0.15, -0.1) is 0 Å². The van der Waals surface area contributed by atoms with Gasteiger partial charge in [-0.05, 0) is 0 Å². The molecule has 1 rings (SSSR count). The minimum Gasteiger partial charge on any atom is -0.390 e. The number of imide groups is 1. The highest BCUT2D eigenvalue weighted by Crippen LogP contribution is 2.07. The number of aliphatic hydroxyl groups is 1. The zero-order valence-electron chi connectivity index (χ0n) is 7.43. The average molecular weight is 187 g/mol. The van der Waals surface area contributed by atoms with Gasteiger partial charge in [0.2, 0.25) is 5.91 Å². The Bertz CT molecular complexity index is 231. The Balaban J connectivity index is 2.59. The zero-order valence-corrected chi connectivity index (χ0v) is 7.43. The fraction of sp³-hybridized carbons (Fsp3) is 0.714. The monoisotopic (exact) mass is 187 g/mol. The smallest absolute Gasteiger partial charge is 0.327 e. The molecular weight excluding hydrogens is 174 g/mol. The highest BCUT2D eigenvalue weighted by molar-refractivity contribution is 6.01. The van der Waals surface area contributed by atoms with Crippen LogP contribution in [-0.4, -0.2) is 59.6 Å². The summed E-state index contributed by atoms with van der Waals surface area (Å²) >= 11 is 0. The topological polar surface area (TPSA) is 86.9 Å². The molecule has 1 heterocycles. The molecule has 1 aliphatic rings. The summed E-state index contributed by atoms with van der Waals surface area (Å²) in [6.07, 6.45) is -0.834. The molecule has 0 saturated carbocycles. The van der Waals surface area contributed by atoms with Gasteiger partial charge in [-0.3, -0.25) is 9.69 Å². The van der Waals surface area contributed by atoms with Gasteiger partial charge in [-0.1, -0.05) is 0 Å². The van der Waals surface area contributed by atoms with E-state index in [-0.39, 0.29) is 31.6 Å². The van der Waals surface area contributed by atoms with Crippen molar-refractivity contribution in [3.8, 4) is 0 Å². The molecule has 1 atom stereocenters. The van der Waals surface area contributed by atoms with Gasteiger partial charge in [0.1, 0.15) is 6.54 Å². The van der Waals surface area contributed by atoms with E-state index < -0.39 is 6.10 Å². The SMILES string of the molecule is CN1CC(=O)N(C[C@H](O)CN)C1=O. The summed E-state index contributed by atoms with van der Waals surface area (Å²) in [5.74, 6) is -0.292. The number of likely N-dealkylation sites (N-methyl/N-ethyl adjacent to an activating group) is 1. The number of aliphatic hydroxyl groups excluding tert-OH is 1. The number of hydrogen-bond donors (Lipinski definition) is 2. The third-order valence-corrected chi connectivity index (χ3v) is 1.90. The Labute approximate surface area is 75.9 Å². The maximum Gasteiger partial charge on any atom is 0.327 e. The van der Waals surface area contributed by atoms with Crippen LogP contribution in [0.5, 0.6) is 0 Å². The number of β-amino-alcohol motifs (C(OH)–C–C–N with tert-alkyl or cyclic N) is 1.